The van der Waals surface area contributed by atoms with Gasteiger partial charge >= 0.3 is 0 Å². The Morgan fingerprint density at radius 1 is 1.35 bits per heavy atom. The number of fused-ring (bicyclic) bond motifs is 1. The molecule has 17 heavy (non-hydrogen) atoms. The molecule has 3 heteroatoms. The van der Waals surface area contributed by atoms with Crippen molar-refractivity contribution in [1.82, 2.24) is 9.88 Å². The van der Waals surface area contributed by atoms with E-state index in [0.29, 0.717) is 6.04 Å². The molecular weight excluding hydrogens is 210 g/mol. The predicted molar refractivity (Wildman–Crippen MR) is 73.0 cm³/mol. The highest BCUT2D eigenvalue weighted by molar-refractivity contribution is 5.84. The first-order valence-electron chi connectivity index (χ1n) is 6.10. The lowest BCUT2D eigenvalue weighted by Crippen LogP contribution is -2.25. The maximum Gasteiger partial charge on any atom is 0.0481 e. The largest absolute Gasteiger partial charge is 0.350 e. The number of hydrogen-bond donors (Lipinski definition) is 2. The van der Waals surface area contributed by atoms with Crippen LogP contribution in [0.5, 0.6) is 0 Å². The predicted octanol–water partition coefficient (Wildman–Crippen LogP) is 2.18. The van der Waals surface area contributed by atoms with E-state index in [2.05, 4.69) is 54.3 Å². The third-order valence-electron chi connectivity index (χ3n) is 3.26. The molecular formula is C14H21N3. The minimum Gasteiger partial charge on any atom is -0.350 e. The number of benzene rings is 1. The molecule has 2 aromatic rings. The van der Waals surface area contributed by atoms with Crippen LogP contribution in [-0.4, -0.2) is 17.7 Å². The van der Waals surface area contributed by atoms with E-state index >= 15 is 0 Å². The average molecular weight is 231 g/mol. The van der Waals surface area contributed by atoms with E-state index in [4.69, 9.17) is 5.73 Å². The number of rotatable bonds is 4. The zero-order chi connectivity index (χ0) is 12.4. The average Bonchev–Trinajstić information content (AvgIpc) is 2.64. The molecule has 1 heterocycles. The van der Waals surface area contributed by atoms with Gasteiger partial charge in [0, 0.05) is 36.2 Å². The summed E-state index contributed by atoms with van der Waals surface area (Å²) >= 11 is 0. The summed E-state index contributed by atoms with van der Waals surface area (Å²) in [4.78, 5) is 0. The molecule has 1 aromatic carbocycles. The summed E-state index contributed by atoms with van der Waals surface area (Å²) in [5.74, 6) is 0. The van der Waals surface area contributed by atoms with Crippen molar-refractivity contribution in [2.75, 3.05) is 7.05 Å². The summed E-state index contributed by atoms with van der Waals surface area (Å²) in [5.41, 5.74) is 8.52. The van der Waals surface area contributed by atoms with Crippen LogP contribution < -0.4 is 11.1 Å². The second kappa shape index (κ2) is 4.90. The van der Waals surface area contributed by atoms with Gasteiger partial charge in [-0.2, -0.15) is 0 Å². The molecule has 92 valence electrons. The molecule has 0 aliphatic heterocycles. The van der Waals surface area contributed by atoms with Gasteiger partial charge in [-0.1, -0.05) is 18.2 Å². The van der Waals surface area contributed by atoms with Crippen LogP contribution in [0.15, 0.2) is 30.5 Å². The summed E-state index contributed by atoms with van der Waals surface area (Å²) in [6.07, 6.45) is 3.15. The molecule has 3 nitrogen and oxygen atoms in total. The lowest BCUT2D eigenvalue weighted by molar-refractivity contribution is 0.501. The minimum absolute atomic E-state index is 0.200. The van der Waals surface area contributed by atoms with E-state index in [0.717, 1.165) is 6.42 Å². The van der Waals surface area contributed by atoms with Gasteiger partial charge < -0.3 is 15.6 Å². The molecule has 3 N–H and O–H groups in total. The van der Waals surface area contributed by atoms with Crippen molar-refractivity contribution in [3.8, 4) is 0 Å². The summed E-state index contributed by atoms with van der Waals surface area (Å²) in [5, 5.41) is 4.68. The van der Waals surface area contributed by atoms with Crippen LogP contribution in [0.1, 0.15) is 24.9 Å². The third kappa shape index (κ3) is 2.35. The quantitative estimate of drug-likeness (QED) is 0.847. The van der Waals surface area contributed by atoms with Gasteiger partial charge in [-0.3, -0.25) is 0 Å². The number of aromatic nitrogens is 1. The van der Waals surface area contributed by atoms with Gasteiger partial charge in [0.15, 0.2) is 0 Å². The molecule has 2 unspecified atom stereocenters. The second-order valence-electron chi connectivity index (χ2n) is 4.77. The van der Waals surface area contributed by atoms with Crippen LogP contribution in [0.2, 0.25) is 0 Å². The Morgan fingerprint density at radius 2 is 2.06 bits per heavy atom. The fraction of sp³-hybridized carbons (Fsp3) is 0.429. The Morgan fingerprint density at radius 3 is 2.71 bits per heavy atom. The number of nitrogens with two attached hydrogens (primary N) is 1. The first-order chi connectivity index (χ1) is 8.13. The van der Waals surface area contributed by atoms with E-state index in [-0.39, 0.29) is 6.04 Å². The second-order valence-corrected chi connectivity index (χ2v) is 4.77. The number of hydrogen-bond acceptors (Lipinski definition) is 2. The first kappa shape index (κ1) is 12.1. The summed E-state index contributed by atoms with van der Waals surface area (Å²) < 4.78 is 2.18. The van der Waals surface area contributed by atoms with E-state index in [1.807, 2.05) is 7.05 Å². The van der Waals surface area contributed by atoms with Crippen LogP contribution >= 0.6 is 0 Å². The Balaban J connectivity index is 2.46. The standard InChI is InChI=1S/C14H21N3/c1-10(15)8-13(16-2)12-9-17(3)14-7-5-4-6-11(12)14/h4-7,9-10,13,16H,8,15H2,1-3H3. The topological polar surface area (TPSA) is 43.0 Å². The maximum atomic E-state index is 5.91. The van der Waals surface area contributed by atoms with Crippen molar-refractivity contribution in [1.29, 1.82) is 0 Å². The SMILES string of the molecule is CNC(CC(C)N)c1cn(C)c2ccccc12. The van der Waals surface area contributed by atoms with Crippen LogP contribution in [0, 0.1) is 0 Å². The van der Waals surface area contributed by atoms with Crippen LogP contribution in [0.25, 0.3) is 10.9 Å². The van der Waals surface area contributed by atoms with Crippen molar-refractivity contribution in [3.05, 3.63) is 36.0 Å². The fourth-order valence-corrected chi connectivity index (χ4v) is 2.42. The lowest BCUT2D eigenvalue weighted by atomic mass is 10.00. The van der Waals surface area contributed by atoms with Gasteiger partial charge in [0.1, 0.15) is 0 Å². The van der Waals surface area contributed by atoms with Crippen molar-refractivity contribution < 1.29 is 0 Å². The normalized spacial score (nSPS) is 15.1. The summed E-state index contributed by atoms with van der Waals surface area (Å²) in [6.45, 7) is 2.05. The van der Waals surface area contributed by atoms with Gasteiger partial charge in [0.05, 0.1) is 0 Å². The Kier molecular flexibility index (Phi) is 3.50. The molecule has 0 spiro atoms. The number of nitrogens with one attached hydrogen (secondary N) is 1. The molecule has 0 aliphatic carbocycles. The van der Waals surface area contributed by atoms with Gasteiger partial charge in [-0.25, -0.2) is 0 Å². The van der Waals surface area contributed by atoms with Crippen molar-refractivity contribution in [2.45, 2.75) is 25.4 Å². The highest BCUT2D eigenvalue weighted by atomic mass is 14.9. The van der Waals surface area contributed by atoms with E-state index in [1.54, 1.807) is 0 Å². The summed E-state index contributed by atoms with van der Waals surface area (Å²) in [6, 6.07) is 9.01. The smallest absolute Gasteiger partial charge is 0.0481 e. The Bertz CT molecular complexity index is 499. The number of para-hydroxylation sites is 1. The van der Waals surface area contributed by atoms with Crippen LogP contribution in [0.4, 0.5) is 0 Å². The summed E-state index contributed by atoms with van der Waals surface area (Å²) in [7, 11) is 4.08. The zero-order valence-electron chi connectivity index (χ0n) is 10.8. The molecule has 0 saturated carbocycles. The van der Waals surface area contributed by atoms with Crippen molar-refractivity contribution in [2.24, 2.45) is 12.8 Å². The third-order valence-corrected chi connectivity index (χ3v) is 3.26. The number of nitrogens with zero attached hydrogens (tertiary/aromatic N) is 1. The lowest BCUT2D eigenvalue weighted by Gasteiger charge is -2.17. The van der Waals surface area contributed by atoms with Gasteiger partial charge in [-0.05, 0) is 32.0 Å². The van der Waals surface area contributed by atoms with E-state index in [9.17, 15) is 0 Å². The van der Waals surface area contributed by atoms with Gasteiger partial charge in [0.2, 0.25) is 0 Å². The highest BCUT2D eigenvalue weighted by Gasteiger charge is 2.16. The Hall–Kier alpha value is -1.32. The molecule has 0 amide bonds. The molecule has 0 bridgehead atoms. The van der Waals surface area contributed by atoms with Gasteiger partial charge in [0.25, 0.3) is 0 Å². The molecule has 0 fully saturated rings. The van der Waals surface area contributed by atoms with Crippen LogP contribution in [0.3, 0.4) is 0 Å². The molecule has 0 aliphatic rings. The van der Waals surface area contributed by atoms with E-state index in [1.165, 1.54) is 16.5 Å². The Labute approximate surface area is 103 Å². The fourth-order valence-electron chi connectivity index (χ4n) is 2.42. The highest BCUT2D eigenvalue weighted by Crippen LogP contribution is 2.27. The van der Waals surface area contributed by atoms with Crippen molar-refractivity contribution in [3.63, 3.8) is 0 Å². The first-order valence-corrected chi connectivity index (χ1v) is 6.10. The van der Waals surface area contributed by atoms with E-state index < -0.39 is 0 Å². The zero-order valence-corrected chi connectivity index (χ0v) is 10.8. The molecule has 1 aromatic heterocycles. The monoisotopic (exact) mass is 231 g/mol. The van der Waals surface area contributed by atoms with Gasteiger partial charge in [-0.15, -0.1) is 0 Å². The maximum absolute atomic E-state index is 5.91. The molecule has 2 rings (SSSR count). The molecule has 0 radical (unpaired) electrons. The number of aryl methyl sites for hydroxylation is 1. The molecule has 0 saturated heterocycles. The minimum atomic E-state index is 0.200. The molecule has 2 atom stereocenters. The van der Waals surface area contributed by atoms with Crippen molar-refractivity contribution >= 4 is 10.9 Å². The van der Waals surface area contributed by atoms with Crippen LogP contribution in [-0.2, 0) is 7.05 Å².